The van der Waals surface area contributed by atoms with E-state index in [2.05, 4.69) is 66.1 Å². The molecule has 2 aromatic carbocycles. The van der Waals surface area contributed by atoms with Crippen molar-refractivity contribution < 1.29 is 0 Å². The Labute approximate surface area is 193 Å². The van der Waals surface area contributed by atoms with Gasteiger partial charge in [0.2, 0.25) is 0 Å². The highest BCUT2D eigenvalue weighted by molar-refractivity contribution is 5.72. The first-order valence-electron chi connectivity index (χ1n) is 11.3. The van der Waals surface area contributed by atoms with Crippen molar-refractivity contribution in [3.05, 3.63) is 72.2 Å². The molecule has 1 fully saturated rings. The van der Waals surface area contributed by atoms with E-state index in [0.717, 1.165) is 48.0 Å². The van der Waals surface area contributed by atoms with Gasteiger partial charge in [0.05, 0.1) is 23.0 Å². The minimum Gasteiger partial charge on any atom is -0.372 e. The third-order valence-electron chi connectivity index (χ3n) is 6.16. The van der Waals surface area contributed by atoms with Crippen LogP contribution in [-0.4, -0.2) is 46.5 Å². The molecule has 4 heterocycles. The maximum Gasteiger partial charge on any atom is 0.185 e. The molecule has 4 aromatic rings. The maximum atomic E-state index is 9.07. The van der Waals surface area contributed by atoms with E-state index in [4.69, 9.17) is 5.26 Å². The van der Waals surface area contributed by atoms with Gasteiger partial charge in [-0.1, -0.05) is 12.1 Å². The second kappa shape index (κ2) is 8.93. The predicted molar refractivity (Wildman–Crippen MR) is 130 cm³/mol. The molecule has 0 saturated carbocycles. The van der Waals surface area contributed by atoms with E-state index < -0.39 is 0 Å². The molecule has 2 aliphatic rings. The highest BCUT2D eigenvalue weighted by Crippen LogP contribution is 2.35. The highest BCUT2D eigenvalue weighted by Gasteiger charge is 2.23. The Hall–Kier alpha value is -3.89. The lowest BCUT2D eigenvalue weighted by Crippen LogP contribution is -2.18. The monoisotopic (exact) mass is 437 g/mol. The van der Waals surface area contributed by atoms with Crippen molar-refractivity contribution in [2.75, 3.05) is 32.1 Å². The summed E-state index contributed by atoms with van der Waals surface area (Å²) >= 11 is 0. The standard InChI is InChI=1S/C24H20N6.C2H7N/c25-13-17-3-5-18(6-4-17)19-12-23-24-27-26-16-30(24)22-8-7-21(28-9-1-2-10-28)11-20(22)15-29(23)14-19;1-3-2/h3-8,11-12,14,16H,1-2,9-10,15H2;3H,1-2H3. The zero-order chi connectivity index (χ0) is 22.8. The topological polar surface area (TPSA) is 74.7 Å². The molecule has 1 N–H and O–H groups in total. The van der Waals surface area contributed by atoms with E-state index in [1.54, 1.807) is 6.33 Å². The van der Waals surface area contributed by atoms with Gasteiger partial charge in [0.15, 0.2) is 5.82 Å². The van der Waals surface area contributed by atoms with E-state index in [1.165, 1.54) is 24.1 Å². The number of rotatable bonds is 2. The fourth-order valence-corrected chi connectivity index (χ4v) is 4.60. The highest BCUT2D eigenvalue weighted by atomic mass is 15.3. The van der Waals surface area contributed by atoms with Gasteiger partial charge in [0.1, 0.15) is 6.33 Å². The number of aromatic nitrogens is 4. The quantitative estimate of drug-likeness (QED) is 0.451. The van der Waals surface area contributed by atoms with Crippen LogP contribution in [0.2, 0.25) is 0 Å². The Morgan fingerprint density at radius 3 is 2.45 bits per heavy atom. The SMILES string of the molecule is CNC.N#Cc1ccc(-c2cc3n(c2)Cc2cc(N4CCCC4)ccc2-n2cnnc2-3)cc1. The van der Waals surface area contributed by atoms with Crippen LogP contribution in [0, 0.1) is 11.3 Å². The number of hydrogen-bond acceptors (Lipinski definition) is 5. The first-order chi connectivity index (χ1) is 16.2. The van der Waals surface area contributed by atoms with Crippen molar-refractivity contribution in [1.29, 1.82) is 5.26 Å². The van der Waals surface area contributed by atoms with Crippen LogP contribution in [0.5, 0.6) is 0 Å². The maximum absolute atomic E-state index is 9.07. The van der Waals surface area contributed by atoms with Crippen molar-refractivity contribution in [2.45, 2.75) is 19.4 Å². The van der Waals surface area contributed by atoms with Gasteiger partial charge in [-0.25, -0.2) is 0 Å². The van der Waals surface area contributed by atoms with Crippen LogP contribution in [0.4, 0.5) is 5.69 Å². The summed E-state index contributed by atoms with van der Waals surface area (Å²) in [6, 6.07) is 18.8. The van der Waals surface area contributed by atoms with Gasteiger partial charge >= 0.3 is 0 Å². The molecule has 0 radical (unpaired) electrons. The molecule has 0 aliphatic carbocycles. The van der Waals surface area contributed by atoms with E-state index in [0.29, 0.717) is 5.56 Å². The number of benzene rings is 2. The molecule has 7 heteroatoms. The van der Waals surface area contributed by atoms with Crippen LogP contribution in [-0.2, 0) is 6.54 Å². The van der Waals surface area contributed by atoms with E-state index >= 15 is 0 Å². The van der Waals surface area contributed by atoms with Gasteiger partial charge in [-0.15, -0.1) is 10.2 Å². The molecule has 0 amide bonds. The first-order valence-corrected chi connectivity index (χ1v) is 11.3. The van der Waals surface area contributed by atoms with Gasteiger partial charge < -0.3 is 14.8 Å². The third kappa shape index (κ3) is 3.90. The van der Waals surface area contributed by atoms with Crippen LogP contribution in [0.3, 0.4) is 0 Å². The van der Waals surface area contributed by atoms with Crippen molar-refractivity contribution >= 4 is 5.69 Å². The summed E-state index contributed by atoms with van der Waals surface area (Å²) < 4.78 is 4.35. The van der Waals surface area contributed by atoms with E-state index in [9.17, 15) is 0 Å². The van der Waals surface area contributed by atoms with Crippen molar-refractivity contribution in [3.63, 3.8) is 0 Å². The van der Waals surface area contributed by atoms with E-state index in [-0.39, 0.29) is 0 Å². The zero-order valence-corrected chi connectivity index (χ0v) is 19.0. The van der Waals surface area contributed by atoms with Crippen LogP contribution in [0.25, 0.3) is 28.3 Å². The van der Waals surface area contributed by atoms with Gasteiger partial charge in [0.25, 0.3) is 0 Å². The number of nitrogens with zero attached hydrogens (tertiary/aromatic N) is 6. The second-order valence-electron chi connectivity index (χ2n) is 8.46. The summed E-state index contributed by atoms with van der Waals surface area (Å²) in [5, 5.41) is 20.4. The van der Waals surface area contributed by atoms with Gasteiger partial charge in [-0.2, -0.15) is 5.26 Å². The summed E-state index contributed by atoms with van der Waals surface area (Å²) in [6.45, 7) is 3.05. The smallest absolute Gasteiger partial charge is 0.185 e. The van der Waals surface area contributed by atoms with Gasteiger partial charge in [0, 0.05) is 37.1 Å². The van der Waals surface area contributed by atoms with E-state index in [1.807, 2.05) is 38.4 Å². The van der Waals surface area contributed by atoms with Gasteiger partial charge in [-0.05, 0) is 74.5 Å². The molecule has 0 bridgehead atoms. The van der Waals surface area contributed by atoms with Crippen molar-refractivity contribution in [3.8, 4) is 34.4 Å². The summed E-state index contributed by atoms with van der Waals surface area (Å²) in [5.74, 6) is 0.850. The zero-order valence-electron chi connectivity index (χ0n) is 19.0. The molecule has 2 aromatic heterocycles. The minimum atomic E-state index is 0.669. The van der Waals surface area contributed by atoms with Gasteiger partial charge in [-0.3, -0.25) is 4.57 Å². The molecule has 0 unspecified atom stereocenters. The molecule has 0 spiro atoms. The Balaban J connectivity index is 0.000000724. The molecule has 33 heavy (non-hydrogen) atoms. The Morgan fingerprint density at radius 2 is 1.73 bits per heavy atom. The molecule has 7 nitrogen and oxygen atoms in total. The predicted octanol–water partition coefficient (Wildman–Crippen LogP) is 4.07. The number of fused-ring (bicyclic) bond motifs is 5. The lowest BCUT2D eigenvalue weighted by atomic mass is 10.1. The number of nitriles is 1. The summed E-state index contributed by atoms with van der Waals surface area (Å²) in [4.78, 5) is 2.47. The van der Waals surface area contributed by atoms with Crippen LogP contribution in [0.15, 0.2) is 61.1 Å². The lowest BCUT2D eigenvalue weighted by Gasteiger charge is -2.20. The molecule has 0 atom stereocenters. The Kier molecular flexibility index (Phi) is 5.68. The third-order valence-corrected chi connectivity index (χ3v) is 6.16. The molecule has 1 saturated heterocycles. The summed E-state index contributed by atoms with van der Waals surface area (Å²) in [7, 11) is 3.75. The Bertz CT molecular complexity index is 1300. The van der Waals surface area contributed by atoms with Crippen LogP contribution >= 0.6 is 0 Å². The molecular weight excluding hydrogens is 410 g/mol. The average Bonchev–Trinajstić information content (AvgIpc) is 3.60. The lowest BCUT2D eigenvalue weighted by molar-refractivity contribution is 0.815. The molecule has 2 aliphatic heterocycles. The first kappa shape index (κ1) is 21.0. The molecular formula is C26H27N7. The molecule has 6 rings (SSSR count). The fourth-order valence-electron chi connectivity index (χ4n) is 4.60. The fraction of sp³-hybridized carbons (Fsp3) is 0.269. The average molecular weight is 438 g/mol. The Morgan fingerprint density at radius 1 is 0.970 bits per heavy atom. The number of hydrogen-bond donors (Lipinski definition) is 1. The number of anilines is 1. The minimum absolute atomic E-state index is 0.669. The molecule has 166 valence electrons. The summed E-state index contributed by atoms with van der Waals surface area (Å²) in [5.41, 5.74) is 7.62. The van der Waals surface area contributed by atoms with Crippen LogP contribution in [0.1, 0.15) is 24.0 Å². The summed E-state index contributed by atoms with van der Waals surface area (Å²) in [6.07, 6.45) is 6.51. The number of nitrogens with one attached hydrogen (secondary N) is 1. The van der Waals surface area contributed by atoms with Crippen LogP contribution < -0.4 is 10.2 Å². The largest absolute Gasteiger partial charge is 0.372 e. The normalized spacial score (nSPS) is 13.8. The van der Waals surface area contributed by atoms with Crippen molar-refractivity contribution in [1.82, 2.24) is 24.6 Å². The van der Waals surface area contributed by atoms with Crippen molar-refractivity contribution in [2.24, 2.45) is 0 Å². The second-order valence-corrected chi connectivity index (χ2v) is 8.46.